The number of amides is 2. The Kier molecular flexibility index (Phi) is 6.01. The number of halogens is 2. The first-order valence-electron chi connectivity index (χ1n) is 8.74. The van der Waals surface area contributed by atoms with Crippen LogP contribution < -0.4 is 15.4 Å². The van der Waals surface area contributed by atoms with Crippen LogP contribution in [0.3, 0.4) is 0 Å². The lowest BCUT2D eigenvalue weighted by Gasteiger charge is -2.08. The molecule has 2 N–H and O–H groups in total. The van der Waals surface area contributed by atoms with Gasteiger partial charge in [0.05, 0.1) is 0 Å². The second-order valence-electron chi connectivity index (χ2n) is 6.37. The van der Waals surface area contributed by atoms with E-state index >= 15 is 0 Å². The van der Waals surface area contributed by atoms with Crippen LogP contribution in [0.5, 0.6) is 5.75 Å². The van der Waals surface area contributed by atoms with E-state index in [4.69, 9.17) is 0 Å². The highest BCUT2D eigenvalue weighted by Gasteiger charge is 2.29. The highest BCUT2D eigenvalue weighted by atomic mass is 19.3. The molecule has 27 heavy (non-hydrogen) atoms. The van der Waals surface area contributed by atoms with E-state index in [1.807, 2.05) is 0 Å². The molecule has 0 heterocycles. The van der Waals surface area contributed by atoms with E-state index in [1.165, 1.54) is 12.1 Å². The van der Waals surface area contributed by atoms with Crippen LogP contribution >= 0.6 is 0 Å². The molecule has 0 atom stereocenters. The van der Waals surface area contributed by atoms with Crippen LogP contribution in [0.1, 0.15) is 28.8 Å². The van der Waals surface area contributed by atoms with Crippen LogP contribution in [0.4, 0.5) is 14.5 Å². The van der Waals surface area contributed by atoms with Crippen LogP contribution in [-0.2, 0) is 11.2 Å². The number of benzene rings is 2. The van der Waals surface area contributed by atoms with Crippen LogP contribution in [0.25, 0.3) is 0 Å². The van der Waals surface area contributed by atoms with Crippen molar-refractivity contribution in [2.24, 2.45) is 5.92 Å². The summed E-state index contributed by atoms with van der Waals surface area (Å²) >= 11 is 0. The molecule has 1 aliphatic carbocycles. The van der Waals surface area contributed by atoms with Gasteiger partial charge in [-0.25, -0.2) is 0 Å². The van der Waals surface area contributed by atoms with Crippen molar-refractivity contribution in [3.05, 3.63) is 59.7 Å². The van der Waals surface area contributed by atoms with E-state index in [0.29, 0.717) is 24.2 Å². The Hall–Kier alpha value is -2.96. The molecule has 2 aromatic carbocycles. The molecule has 142 valence electrons. The minimum atomic E-state index is -2.84. The van der Waals surface area contributed by atoms with E-state index in [0.717, 1.165) is 18.4 Å². The van der Waals surface area contributed by atoms with E-state index in [9.17, 15) is 18.4 Å². The number of alkyl halides is 2. The third-order valence-corrected chi connectivity index (χ3v) is 4.21. The molecule has 2 amide bonds. The second-order valence-corrected chi connectivity index (χ2v) is 6.37. The summed E-state index contributed by atoms with van der Waals surface area (Å²) in [6.07, 6.45) is 2.44. The van der Waals surface area contributed by atoms with E-state index in [-0.39, 0.29) is 23.5 Å². The molecule has 0 unspecified atom stereocenters. The molecule has 0 aliphatic heterocycles. The highest BCUT2D eigenvalue weighted by Crippen LogP contribution is 2.30. The molecule has 1 fully saturated rings. The van der Waals surface area contributed by atoms with Crippen LogP contribution in [0.15, 0.2) is 48.5 Å². The Bertz CT molecular complexity index is 788. The number of rotatable bonds is 8. The molecule has 0 radical (unpaired) electrons. The zero-order chi connectivity index (χ0) is 19.2. The van der Waals surface area contributed by atoms with Crippen LogP contribution in [0.2, 0.25) is 0 Å². The summed E-state index contributed by atoms with van der Waals surface area (Å²) in [6.45, 7) is -2.43. The average Bonchev–Trinajstić information content (AvgIpc) is 3.48. The Labute approximate surface area is 155 Å². The van der Waals surface area contributed by atoms with Crippen molar-refractivity contribution < 1.29 is 23.1 Å². The van der Waals surface area contributed by atoms with Gasteiger partial charge in [0, 0.05) is 23.7 Å². The molecule has 0 spiro atoms. The third kappa shape index (κ3) is 5.77. The molecule has 3 rings (SSSR count). The Morgan fingerprint density at radius 1 is 1.04 bits per heavy atom. The fraction of sp³-hybridized carbons (Fsp3) is 0.300. The Balaban J connectivity index is 1.44. The number of carbonyl (C=O) groups is 2. The Morgan fingerprint density at radius 3 is 2.30 bits per heavy atom. The number of hydrogen-bond acceptors (Lipinski definition) is 3. The standard InChI is InChI=1S/C20H20F2N2O3/c21-20(22)27-17-9-1-13(2-10-17)11-12-23-18(25)14-5-7-16(8-6-14)24-19(26)15-3-4-15/h1-2,5-10,15,20H,3-4,11-12H2,(H,23,25)(H,24,26). The monoisotopic (exact) mass is 374 g/mol. The van der Waals surface area contributed by atoms with Gasteiger partial charge in [-0.05, 0) is 61.2 Å². The molecule has 7 heteroatoms. The van der Waals surface area contributed by atoms with Crippen molar-refractivity contribution in [2.45, 2.75) is 25.9 Å². The summed E-state index contributed by atoms with van der Waals surface area (Å²) in [5, 5.41) is 5.63. The van der Waals surface area contributed by atoms with Gasteiger partial charge in [-0.15, -0.1) is 0 Å². The molecule has 1 aliphatic rings. The van der Waals surface area contributed by atoms with Gasteiger partial charge in [-0.3, -0.25) is 9.59 Å². The van der Waals surface area contributed by atoms with Gasteiger partial charge in [-0.2, -0.15) is 8.78 Å². The third-order valence-electron chi connectivity index (χ3n) is 4.21. The van der Waals surface area contributed by atoms with Gasteiger partial charge >= 0.3 is 6.61 Å². The van der Waals surface area contributed by atoms with Crippen molar-refractivity contribution in [3.8, 4) is 5.75 Å². The molecule has 2 aromatic rings. The minimum Gasteiger partial charge on any atom is -0.435 e. The Morgan fingerprint density at radius 2 is 1.70 bits per heavy atom. The first kappa shape index (κ1) is 18.8. The summed E-state index contributed by atoms with van der Waals surface area (Å²) in [7, 11) is 0. The largest absolute Gasteiger partial charge is 0.435 e. The normalized spacial score (nSPS) is 13.3. The minimum absolute atomic E-state index is 0.0252. The van der Waals surface area contributed by atoms with Crippen molar-refractivity contribution in [2.75, 3.05) is 11.9 Å². The smallest absolute Gasteiger partial charge is 0.387 e. The first-order chi connectivity index (χ1) is 13.0. The fourth-order valence-electron chi connectivity index (χ4n) is 2.55. The van der Waals surface area contributed by atoms with E-state index in [2.05, 4.69) is 15.4 Å². The van der Waals surface area contributed by atoms with Gasteiger partial charge < -0.3 is 15.4 Å². The van der Waals surface area contributed by atoms with E-state index in [1.54, 1.807) is 36.4 Å². The number of ether oxygens (including phenoxy) is 1. The predicted octanol–water partition coefficient (Wildman–Crippen LogP) is 3.61. The molecular formula is C20H20F2N2O3. The van der Waals surface area contributed by atoms with Gasteiger partial charge in [0.1, 0.15) is 5.75 Å². The van der Waals surface area contributed by atoms with Gasteiger partial charge in [-0.1, -0.05) is 12.1 Å². The molecule has 0 saturated heterocycles. The summed E-state index contributed by atoms with van der Waals surface area (Å²) in [4.78, 5) is 23.9. The van der Waals surface area contributed by atoms with Crippen molar-refractivity contribution >= 4 is 17.5 Å². The fourth-order valence-corrected chi connectivity index (χ4v) is 2.55. The summed E-state index contributed by atoms with van der Waals surface area (Å²) in [5.74, 6) is 0.0421. The maximum Gasteiger partial charge on any atom is 0.387 e. The maximum atomic E-state index is 12.2. The van der Waals surface area contributed by atoms with Crippen LogP contribution in [-0.4, -0.2) is 25.0 Å². The van der Waals surface area contributed by atoms with Crippen LogP contribution in [0, 0.1) is 5.92 Å². The molecule has 0 bridgehead atoms. The topological polar surface area (TPSA) is 67.4 Å². The van der Waals surface area contributed by atoms with Crippen molar-refractivity contribution in [1.82, 2.24) is 5.32 Å². The summed E-state index contributed by atoms with van der Waals surface area (Å²) in [6, 6.07) is 13.0. The van der Waals surface area contributed by atoms with Gasteiger partial charge in [0.15, 0.2) is 0 Å². The highest BCUT2D eigenvalue weighted by molar-refractivity contribution is 5.96. The zero-order valence-electron chi connectivity index (χ0n) is 14.6. The lowest BCUT2D eigenvalue weighted by molar-refractivity contribution is -0.117. The summed E-state index contributed by atoms with van der Waals surface area (Å²) < 4.78 is 28.5. The van der Waals surface area contributed by atoms with Crippen molar-refractivity contribution in [3.63, 3.8) is 0 Å². The molecule has 1 saturated carbocycles. The number of nitrogens with one attached hydrogen (secondary N) is 2. The zero-order valence-corrected chi connectivity index (χ0v) is 14.6. The SMILES string of the molecule is O=C(NCCc1ccc(OC(F)F)cc1)c1ccc(NC(=O)C2CC2)cc1. The quantitative estimate of drug-likeness (QED) is 0.742. The molecule has 5 nitrogen and oxygen atoms in total. The van der Waals surface area contributed by atoms with Gasteiger partial charge in [0.2, 0.25) is 5.91 Å². The lowest BCUT2D eigenvalue weighted by atomic mass is 10.1. The average molecular weight is 374 g/mol. The second kappa shape index (κ2) is 8.62. The van der Waals surface area contributed by atoms with E-state index < -0.39 is 6.61 Å². The lowest BCUT2D eigenvalue weighted by Crippen LogP contribution is -2.25. The summed E-state index contributed by atoms with van der Waals surface area (Å²) in [5.41, 5.74) is 2.07. The first-order valence-corrected chi connectivity index (χ1v) is 8.74. The molecular weight excluding hydrogens is 354 g/mol. The van der Waals surface area contributed by atoms with Crippen molar-refractivity contribution in [1.29, 1.82) is 0 Å². The molecule has 0 aromatic heterocycles. The number of anilines is 1. The number of hydrogen-bond donors (Lipinski definition) is 2. The van der Waals surface area contributed by atoms with Gasteiger partial charge in [0.25, 0.3) is 5.91 Å². The number of carbonyl (C=O) groups excluding carboxylic acids is 2. The maximum absolute atomic E-state index is 12.2. The predicted molar refractivity (Wildman–Crippen MR) is 96.9 cm³/mol.